The number of hydrogen-bond acceptors (Lipinski definition) is 4. The first kappa shape index (κ1) is 16.5. The molecule has 1 rings (SSSR count). The van der Waals surface area contributed by atoms with E-state index in [9.17, 15) is 0 Å². The largest absolute Gasteiger partial charge is 0.497 e. The van der Waals surface area contributed by atoms with Crippen molar-refractivity contribution in [3.8, 4) is 17.6 Å². The van der Waals surface area contributed by atoms with E-state index < -0.39 is 0 Å². The quantitative estimate of drug-likeness (QED) is 0.583. The molecule has 1 aromatic rings. The maximum Gasteiger partial charge on any atom is 0.119 e. The summed E-state index contributed by atoms with van der Waals surface area (Å²) in [7, 11) is 1.64. The number of benzene rings is 1. The molecule has 0 amide bonds. The van der Waals surface area contributed by atoms with E-state index in [1.165, 1.54) is 0 Å². The fourth-order valence-corrected chi connectivity index (χ4v) is 1.63. The summed E-state index contributed by atoms with van der Waals surface area (Å²) in [5.41, 5.74) is 7.33. The summed E-state index contributed by atoms with van der Waals surface area (Å²) in [6, 6.07) is 5.75. The SMILES string of the molecule is CCCOCCOCc1cc(OC)ccc1C#CCN. The van der Waals surface area contributed by atoms with Gasteiger partial charge in [-0.05, 0) is 30.2 Å². The number of rotatable bonds is 8. The van der Waals surface area contributed by atoms with Crippen molar-refractivity contribution in [1.29, 1.82) is 0 Å². The highest BCUT2D eigenvalue weighted by molar-refractivity contribution is 5.45. The van der Waals surface area contributed by atoms with Crippen LogP contribution in [0.15, 0.2) is 18.2 Å². The van der Waals surface area contributed by atoms with E-state index in [2.05, 4.69) is 18.8 Å². The van der Waals surface area contributed by atoms with E-state index >= 15 is 0 Å². The average Bonchev–Trinajstić information content (AvgIpc) is 2.49. The molecule has 0 aliphatic carbocycles. The zero-order valence-electron chi connectivity index (χ0n) is 12.3. The van der Waals surface area contributed by atoms with Crippen molar-refractivity contribution < 1.29 is 14.2 Å². The van der Waals surface area contributed by atoms with Crippen LogP contribution >= 0.6 is 0 Å². The zero-order chi connectivity index (χ0) is 14.6. The van der Waals surface area contributed by atoms with Crippen molar-refractivity contribution in [3.05, 3.63) is 29.3 Å². The summed E-state index contributed by atoms with van der Waals surface area (Å²) in [4.78, 5) is 0. The average molecular weight is 277 g/mol. The Morgan fingerprint density at radius 2 is 1.95 bits per heavy atom. The molecule has 0 aromatic heterocycles. The monoisotopic (exact) mass is 277 g/mol. The molecule has 2 N–H and O–H groups in total. The highest BCUT2D eigenvalue weighted by atomic mass is 16.5. The normalized spacial score (nSPS) is 9.95. The highest BCUT2D eigenvalue weighted by Gasteiger charge is 2.03. The number of nitrogens with two attached hydrogens (primary N) is 1. The van der Waals surface area contributed by atoms with E-state index in [0.717, 1.165) is 29.9 Å². The summed E-state index contributed by atoms with van der Waals surface area (Å²) in [6.45, 7) is 4.87. The molecule has 4 heteroatoms. The van der Waals surface area contributed by atoms with Gasteiger partial charge >= 0.3 is 0 Å². The molecule has 1 aromatic carbocycles. The summed E-state index contributed by atoms with van der Waals surface area (Å²) in [5, 5.41) is 0. The zero-order valence-corrected chi connectivity index (χ0v) is 12.3. The Bertz CT molecular complexity index is 449. The van der Waals surface area contributed by atoms with E-state index in [0.29, 0.717) is 26.4 Å². The van der Waals surface area contributed by atoms with Crippen LogP contribution in [-0.2, 0) is 16.1 Å². The van der Waals surface area contributed by atoms with Gasteiger partial charge in [-0.15, -0.1) is 0 Å². The fourth-order valence-electron chi connectivity index (χ4n) is 1.63. The third-order valence-electron chi connectivity index (χ3n) is 2.62. The van der Waals surface area contributed by atoms with E-state index in [-0.39, 0.29) is 0 Å². The van der Waals surface area contributed by atoms with Crippen molar-refractivity contribution in [3.63, 3.8) is 0 Å². The van der Waals surface area contributed by atoms with Gasteiger partial charge in [-0.1, -0.05) is 18.8 Å². The van der Waals surface area contributed by atoms with Crippen molar-refractivity contribution in [1.82, 2.24) is 0 Å². The second-order valence-electron chi connectivity index (χ2n) is 4.19. The number of ether oxygens (including phenoxy) is 3. The van der Waals surface area contributed by atoms with Gasteiger partial charge in [0.15, 0.2) is 0 Å². The molecule has 0 unspecified atom stereocenters. The molecule has 0 saturated heterocycles. The topological polar surface area (TPSA) is 53.7 Å². The Kier molecular flexibility index (Phi) is 8.48. The van der Waals surface area contributed by atoms with Crippen LogP contribution in [0.2, 0.25) is 0 Å². The minimum absolute atomic E-state index is 0.344. The predicted molar refractivity (Wildman–Crippen MR) is 79.7 cm³/mol. The summed E-state index contributed by atoms with van der Waals surface area (Å²) < 4.78 is 16.2. The Morgan fingerprint density at radius 3 is 2.65 bits per heavy atom. The van der Waals surface area contributed by atoms with Crippen LogP contribution < -0.4 is 10.5 Å². The van der Waals surface area contributed by atoms with E-state index in [1.807, 2.05) is 18.2 Å². The van der Waals surface area contributed by atoms with Crippen LogP contribution in [0.3, 0.4) is 0 Å². The van der Waals surface area contributed by atoms with Crippen LogP contribution in [0.25, 0.3) is 0 Å². The molecule has 0 fully saturated rings. The third-order valence-corrected chi connectivity index (χ3v) is 2.62. The van der Waals surface area contributed by atoms with Gasteiger partial charge in [-0.25, -0.2) is 0 Å². The first-order valence-corrected chi connectivity index (χ1v) is 6.83. The highest BCUT2D eigenvalue weighted by Crippen LogP contribution is 2.18. The predicted octanol–water partition coefficient (Wildman–Crippen LogP) is 1.95. The molecule has 0 bridgehead atoms. The second kappa shape index (κ2) is 10.3. The molecule has 20 heavy (non-hydrogen) atoms. The Morgan fingerprint density at radius 1 is 1.15 bits per heavy atom. The first-order chi connectivity index (χ1) is 9.81. The van der Waals surface area contributed by atoms with Crippen LogP contribution in [0.5, 0.6) is 5.75 Å². The van der Waals surface area contributed by atoms with E-state index in [4.69, 9.17) is 19.9 Å². The van der Waals surface area contributed by atoms with Gasteiger partial charge in [0.25, 0.3) is 0 Å². The van der Waals surface area contributed by atoms with Gasteiger partial charge in [0.1, 0.15) is 5.75 Å². The number of methoxy groups -OCH3 is 1. The van der Waals surface area contributed by atoms with Gasteiger partial charge in [0.05, 0.1) is 33.5 Å². The summed E-state index contributed by atoms with van der Waals surface area (Å²) >= 11 is 0. The van der Waals surface area contributed by atoms with Gasteiger partial charge in [0.2, 0.25) is 0 Å². The van der Waals surface area contributed by atoms with Crippen molar-refractivity contribution in [2.45, 2.75) is 20.0 Å². The summed E-state index contributed by atoms with van der Waals surface area (Å²) in [6.07, 6.45) is 1.02. The van der Waals surface area contributed by atoms with Crippen LogP contribution in [0, 0.1) is 11.8 Å². The fraction of sp³-hybridized carbons (Fsp3) is 0.500. The minimum atomic E-state index is 0.344. The number of hydrogen-bond donors (Lipinski definition) is 1. The van der Waals surface area contributed by atoms with Crippen LogP contribution in [0.4, 0.5) is 0 Å². The minimum Gasteiger partial charge on any atom is -0.497 e. The standard InChI is InChI=1S/C16H23NO3/c1-3-9-19-10-11-20-13-15-12-16(18-2)7-6-14(15)5-4-8-17/h6-7,12H,3,8-11,13,17H2,1-2H3. The lowest BCUT2D eigenvalue weighted by molar-refractivity contribution is 0.0407. The molecule has 0 aliphatic heterocycles. The maximum absolute atomic E-state index is 5.61. The molecule has 0 radical (unpaired) electrons. The molecule has 0 spiro atoms. The molecule has 0 saturated carbocycles. The molecular formula is C16H23NO3. The lowest BCUT2D eigenvalue weighted by atomic mass is 10.1. The van der Waals surface area contributed by atoms with E-state index in [1.54, 1.807) is 7.11 Å². The molecule has 0 aliphatic rings. The van der Waals surface area contributed by atoms with Gasteiger partial charge in [-0.2, -0.15) is 0 Å². The Hall–Kier alpha value is -1.54. The van der Waals surface area contributed by atoms with Gasteiger partial charge < -0.3 is 19.9 Å². The summed E-state index contributed by atoms with van der Waals surface area (Å²) in [5.74, 6) is 6.70. The van der Waals surface area contributed by atoms with Crippen LogP contribution in [-0.4, -0.2) is 33.5 Å². The Labute approximate surface area is 121 Å². The van der Waals surface area contributed by atoms with Crippen molar-refractivity contribution >= 4 is 0 Å². The molecule has 110 valence electrons. The molecule has 0 atom stereocenters. The molecular weight excluding hydrogens is 254 g/mol. The molecule has 4 nitrogen and oxygen atoms in total. The van der Waals surface area contributed by atoms with Crippen molar-refractivity contribution in [2.75, 3.05) is 33.5 Å². The molecule has 0 heterocycles. The van der Waals surface area contributed by atoms with Gasteiger partial charge in [-0.3, -0.25) is 0 Å². The van der Waals surface area contributed by atoms with Gasteiger partial charge in [0, 0.05) is 12.2 Å². The Balaban J connectivity index is 2.56. The first-order valence-electron chi connectivity index (χ1n) is 6.83. The lowest BCUT2D eigenvalue weighted by Crippen LogP contribution is -2.06. The smallest absolute Gasteiger partial charge is 0.119 e. The third kappa shape index (κ3) is 6.07. The van der Waals surface area contributed by atoms with Crippen molar-refractivity contribution in [2.24, 2.45) is 5.73 Å². The van der Waals surface area contributed by atoms with Crippen LogP contribution in [0.1, 0.15) is 24.5 Å². The lowest BCUT2D eigenvalue weighted by Gasteiger charge is -2.09. The second-order valence-corrected chi connectivity index (χ2v) is 4.19. The maximum atomic E-state index is 5.61.